The number of hydrogen-bond acceptors (Lipinski definition) is 4. The minimum Gasteiger partial charge on any atom is -0.393 e. The van der Waals surface area contributed by atoms with Crippen molar-refractivity contribution in [2.24, 2.45) is 34.5 Å². The Balaban J connectivity index is 1.68. The summed E-state index contributed by atoms with van der Waals surface area (Å²) in [5, 5.41) is 41.7. The molecule has 4 heteroatoms. The van der Waals surface area contributed by atoms with Gasteiger partial charge in [-0.25, -0.2) is 0 Å². The quantitative estimate of drug-likeness (QED) is 0.547. The normalized spacial score (nSPS) is 62.3. The Morgan fingerprint density at radius 2 is 1.43 bits per heavy atom. The van der Waals surface area contributed by atoms with E-state index in [2.05, 4.69) is 13.8 Å². The topological polar surface area (TPSA) is 80.9 Å². The van der Waals surface area contributed by atoms with E-state index in [4.69, 9.17) is 0 Å². The SMILES string of the molecule is C[C@]12CCC3C(C1C[C@@H](O)[C@@H]2O)[C@H](O)C[C@@H]1C[C@H](O)CC[C@]31C. The largest absolute Gasteiger partial charge is 0.393 e. The first kappa shape index (κ1) is 16.3. The van der Waals surface area contributed by atoms with Crippen molar-refractivity contribution in [3.8, 4) is 0 Å². The van der Waals surface area contributed by atoms with Crippen LogP contribution in [0.4, 0.5) is 0 Å². The third-order valence-electron chi connectivity index (χ3n) is 8.63. The molecule has 23 heavy (non-hydrogen) atoms. The molecule has 0 aliphatic heterocycles. The maximum absolute atomic E-state index is 10.9. The van der Waals surface area contributed by atoms with Crippen molar-refractivity contribution in [3.05, 3.63) is 0 Å². The van der Waals surface area contributed by atoms with Crippen LogP contribution in [0, 0.1) is 34.5 Å². The fraction of sp³-hybridized carbons (Fsp3) is 1.00. The number of hydrogen-bond donors (Lipinski definition) is 4. The van der Waals surface area contributed by atoms with Crippen molar-refractivity contribution < 1.29 is 20.4 Å². The molecule has 4 aliphatic carbocycles. The highest BCUT2D eigenvalue weighted by molar-refractivity contribution is 5.13. The van der Waals surface area contributed by atoms with Crippen molar-refractivity contribution in [1.29, 1.82) is 0 Å². The molecule has 0 heterocycles. The van der Waals surface area contributed by atoms with Crippen LogP contribution in [0.15, 0.2) is 0 Å². The Labute approximate surface area is 138 Å². The molecule has 3 unspecified atom stereocenters. The summed E-state index contributed by atoms with van der Waals surface area (Å²) in [6.07, 6.45) is 4.24. The lowest BCUT2D eigenvalue weighted by atomic mass is 9.44. The van der Waals surface area contributed by atoms with E-state index in [-0.39, 0.29) is 34.9 Å². The first-order valence-corrected chi connectivity index (χ1v) is 9.49. The van der Waals surface area contributed by atoms with Crippen LogP contribution in [-0.4, -0.2) is 44.8 Å². The van der Waals surface area contributed by atoms with E-state index >= 15 is 0 Å². The molecule has 4 nitrogen and oxygen atoms in total. The summed E-state index contributed by atoms with van der Waals surface area (Å²) in [6, 6.07) is 0. The van der Waals surface area contributed by atoms with Gasteiger partial charge in [0.15, 0.2) is 0 Å². The van der Waals surface area contributed by atoms with Crippen LogP contribution < -0.4 is 0 Å². The second-order valence-electron chi connectivity index (χ2n) is 9.52. The zero-order valence-corrected chi connectivity index (χ0v) is 14.4. The molecule has 4 N–H and O–H groups in total. The van der Waals surface area contributed by atoms with Crippen LogP contribution in [-0.2, 0) is 0 Å². The van der Waals surface area contributed by atoms with Gasteiger partial charge in [0.25, 0.3) is 0 Å². The number of fused-ring (bicyclic) bond motifs is 5. The third kappa shape index (κ3) is 2.11. The predicted molar refractivity (Wildman–Crippen MR) is 86.5 cm³/mol. The van der Waals surface area contributed by atoms with E-state index in [1.165, 1.54) is 0 Å². The highest BCUT2D eigenvalue weighted by atomic mass is 16.3. The molecule has 0 spiro atoms. The van der Waals surface area contributed by atoms with E-state index in [1.54, 1.807) is 0 Å². The lowest BCUT2D eigenvalue weighted by Gasteiger charge is -2.61. The van der Waals surface area contributed by atoms with Gasteiger partial charge in [0.1, 0.15) is 0 Å². The Morgan fingerprint density at radius 1 is 0.739 bits per heavy atom. The molecule has 0 bridgehead atoms. The van der Waals surface area contributed by atoms with E-state index in [1.807, 2.05) is 0 Å². The third-order valence-corrected chi connectivity index (χ3v) is 8.63. The summed E-state index contributed by atoms with van der Waals surface area (Å²) < 4.78 is 0. The van der Waals surface area contributed by atoms with Crippen molar-refractivity contribution in [2.75, 3.05) is 0 Å². The van der Waals surface area contributed by atoms with Crippen molar-refractivity contribution in [2.45, 2.75) is 83.2 Å². The average molecular weight is 324 g/mol. The molecule has 4 saturated carbocycles. The van der Waals surface area contributed by atoms with Crippen LogP contribution in [0.3, 0.4) is 0 Å². The van der Waals surface area contributed by atoms with Gasteiger partial charge in [-0.1, -0.05) is 13.8 Å². The summed E-state index contributed by atoms with van der Waals surface area (Å²) in [5.74, 6) is 1.27. The fourth-order valence-corrected chi connectivity index (χ4v) is 7.19. The zero-order valence-electron chi connectivity index (χ0n) is 14.4. The molecule has 10 atom stereocenters. The molecule has 0 radical (unpaired) electrons. The first-order valence-electron chi connectivity index (χ1n) is 9.49. The summed E-state index contributed by atoms with van der Waals surface area (Å²) in [6.45, 7) is 4.48. The zero-order chi connectivity index (χ0) is 16.6. The maximum atomic E-state index is 10.9. The number of aliphatic hydroxyl groups excluding tert-OH is 4. The number of aliphatic hydroxyl groups is 4. The Morgan fingerprint density at radius 3 is 2.17 bits per heavy atom. The highest BCUT2D eigenvalue weighted by Gasteiger charge is 2.64. The highest BCUT2D eigenvalue weighted by Crippen LogP contribution is 2.66. The lowest BCUT2D eigenvalue weighted by molar-refractivity contribution is -0.177. The minimum atomic E-state index is -0.653. The number of rotatable bonds is 0. The van der Waals surface area contributed by atoms with Gasteiger partial charge in [0.2, 0.25) is 0 Å². The monoisotopic (exact) mass is 324 g/mol. The second-order valence-corrected chi connectivity index (χ2v) is 9.52. The van der Waals surface area contributed by atoms with Gasteiger partial charge >= 0.3 is 0 Å². The second kappa shape index (κ2) is 5.17. The molecule has 0 aromatic heterocycles. The maximum Gasteiger partial charge on any atom is 0.0855 e. The summed E-state index contributed by atoms with van der Waals surface area (Å²) >= 11 is 0. The summed E-state index contributed by atoms with van der Waals surface area (Å²) in [4.78, 5) is 0. The molecule has 132 valence electrons. The Hall–Kier alpha value is -0.160. The summed E-state index contributed by atoms with van der Waals surface area (Å²) in [5.41, 5.74) is -0.0537. The molecular weight excluding hydrogens is 292 g/mol. The van der Waals surface area contributed by atoms with Gasteiger partial charge in [0, 0.05) is 0 Å². The van der Waals surface area contributed by atoms with E-state index in [0.29, 0.717) is 18.3 Å². The first-order chi connectivity index (χ1) is 10.8. The van der Waals surface area contributed by atoms with E-state index < -0.39 is 12.2 Å². The molecule has 0 amide bonds. The van der Waals surface area contributed by atoms with Gasteiger partial charge in [0.05, 0.1) is 24.4 Å². The fourth-order valence-electron chi connectivity index (χ4n) is 7.19. The van der Waals surface area contributed by atoms with Gasteiger partial charge in [-0.05, 0) is 79.4 Å². The van der Waals surface area contributed by atoms with Gasteiger partial charge in [-0.15, -0.1) is 0 Å². The molecule has 0 aromatic carbocycles. The van der Waals surface area contributed by atoms with Crippen molar-refractivity contribution in [3.63, 3.8) is 0 Å². The van der Waals surface area contributed by atoms with Crippen molar-refractivity contribution in [1.82, 2.24) is 0 Å². The molecule has 0 aromatic rings. The van der Waals surface area contributed by atoms with Gasteiger partial charge in [-0.2, -0.15) is 0 Å². The molecule has 4 fully saturated rings. The summed E-state index contributed by atoms with van der Waals surface area (Å²) in [7, 11) is 0. The van der Waals surface area contributed by atoms with Crippen molar-refractivity contribution >= 4 is 0 Å². The van der Waals surface area contributed by atoms with E-state index in [0.717, 1.165) is 38.5 Å². The lowest BCUT2D eigenvalue weighted by Crippen LogP contribution is -2.58. The Kier molecular flexibility index (Phi) is 3.67. The molecule has 4 aliphatic rings. The standard InChI is InChI=1S/C19H32O4/c1-18-5-3-11(20)7-10(18)8-14(21)16-12(18)4-6-19(2)13(16)9-15(22)17(19)23/h10-17,20-23H,3-9H2,1-2H3/t10-,11+,12?,13?,14+,15+,16?,17-,18-,19-/m0/s1. The van der Waals surface area contributed by atoms with Crippen LogP contribution in [0.25, 0.3) is 0 Å². The average Bonchev–Trinajstić information content (AvgIpc) is 2.73. The Bertz CT molecular complexity index is 482. The predicted octanol–water partition coefficient (Wildman–Crippen LogP) is 1.69. The van der Waals surface area contributed by atoms with Gasteiger partial charge in [-0.3, -0.25) is 0 Å². The molecule has 4 rings (SSSR count). The van der Waals surface area contributed by atoms with Crippen LogP contribution in [0.1, 0.15) is 58.8 Å². The van der Waals surface area contributed by atoms with E-state index in [9.17, 15) is 20.4 Å². The van der Waals surface area contributed by atoms with Gasteiger partial charge < -0.3 is 20.4 Å². The van der Waals surface area contributed by atoms with Crippen LogP contribution >= 0.6 is 0 Å². The van der Waals surface area contributed by atoms with Crippen LogP contribution in [0.2, 0.25) is 0 Å². The minimum absolute atomic E-state index is 0.192. The molecule has 0 saturated heterocycles. The molecular formula is C19H32O4. The smallest absolute Gasteiger partial charge is 0.0855 e. The van der Waals surface area contributed by atoms with Crippen LogP contribution in [0.5, 0.6) is 0 Å².